The Morgan fingerprint density at radius 1 is 1.30 bits per heavy atom. The van der Waals surface area contributed by atoms with E-state index in [4.69, 9.17) is 5.11 Å². The van der Waals surface area contributed by atoms with E-state index in [0.29, 0.717) is 0 Å². The van der Waals surface area contributed by atoms with Crippen LogP contribution in [0.25, 0.3) is 0 Å². The Kier molecular flexibility index (Phi) is 4.52. The molecule has 20 heavy (non-hydrogen) atoms. The van der Waals surface area contributed by atoms with Crippen molar-refractivity contribution >= 4 is 17.7 Å². The van der Waals surface area contributed by atoms with Crippen molar-refractivity contribution in [3.8, 4) is 0 Å². The summed E-state index contributed by atoms with van der Waals surface area (Å²) in [5.74, 6) is -1.95. The lowest BCUT2D eigenvalue weighted by Gasteiger charge is -2.23. The second-order valence-corrected chi connectivity index (χ2v) is 4.62. The SMILES string of the molecule is O=C(Nc1ccc(F)cc1C(=O)O)NC1CCNCC1. The van der Waals surface area contributed by atoms with Crippen molar-refractivity contribution in [1.29, 1.82) is 0 Å². The molecular weight excluding hydrogens is 265 g/mol. The molecule has 1 aromatic rings. The number of anilines is 1. The third-order valence-electron chi connectivity index (χ3n) is 3.13. The van der Waals surface area contributed by atoms with Crippen LogP contribution < -0.4 is 16.0 Å². The molecule has 1 heterocycles. The predicted molar refractivity (Wildman–Crippen MR) is 71.4 cm³/mol. The van der Waals surface area contributed by atoms with E-state index in [1.807, 2.05) is 0 Å². The monoisotopic (exact) mass is 281 g/mol. The first-order valence-corrected chi connectivity index (χ1v) is 6.37. The van der Waals surface area contributed by atoms with Crippen LogP contribution in [-0.4, -0.2) is 36.2 Å². The number of benzene rings is 1. The van der Waals surface area contributed by atoms with Gasteiger partial charge in [-0.05, 0) is 44.1 Å². The highest BCUT2D eigenvalue weighted by Crippen LogP contribution is 2.17. The van der Waals surface area contributed by atoms with E-state index in [1.165, 1.54) is 6.07 Å². The number of carboxylic acids is 1. The molecule has 1 saturated heterocycles. The number of urea groups is 1. The Labute approximate surface area is 115 Å². The number of hydrogen-bond donors (Lipinski definition) is 4. The molecule has 0 aromatic heterocycles. The topological polar surface area (TPSA) is 90.5 Å². The lowest BCUT2D eigenvalue weighted by atomic mass is 10.1. The third-order valence-corrected chi connectivity index (χ3v) is 3.13. The van der Waals surface area contributed by atoms with Crippen LogP contribution in [0.3, 0.4) is 0 Å². The van der Waals surface area contributed by atoms with Gasteiger partial charge in [0.05, 0.1) is 11.3 Å². The average molecular weight is 281 g/mol. The Hall–Kier alpha value is -2.15. The third kappa shape index (κ3) is 3.67. The molecule has 7 heteroatoms. The van der Waals surface area contributed by atoms with Gasteiger partial charge in [-0.25, -0.2) is 14.0 Å². The quantitative estimate of drug-likeness (QED) is 0.674. The van der Waals surface area contributed by atoms with Gasteiger partial charge in [0.1, 0.15) is 5.82 Å². The number of aromatic carboxylic acids is 1. The number of hydrogen-bond acceptors (Lipinski definition) is 3. The molecule has 4 N–H and O–H groups in total. The van der Waals surface area contributed by atoms with E-state index < -0.39 is 17.8 Å². The number of nitrogens with one attached hydrogen (secondary N) is 3. The second-order valence-electron chi connectivity index (χ2n) is 4.62. The van der Waals surface area contributed by atoms with E-state index in [1.54, 1.807) is 0 Å². The zero-order valence-electron chi connectivity index (χ0n) is 10.8. The first kappa shape index (κ1) is 14.3. The molecule has 2 rings (SSSR count). The fraction of sp³-hybridized carbons (Fsp3) is 0.385. The summed E-state index contributed by atoms with van der Waals surface area (Å²) in [5.41, 5.74) is -0.198. The molecule has 0 unspecified atom stereocenters. The first-order valence-electron chi connectivity index (χ1n) is 6.37. The zero-order chi connectivity index (χ0) is 14.5. The van der Waals surface area contributed by atoms with Crippen LogP contribution in [0.2, 0.25) is 0 Å². The van der Waals surface area contributed by atoms with Crippen LogP contribution in [0.4, 0.5) is 14.9 Å². The maximum atomic E-state index is 13.0. The van der Waals surface area contributed by atoms with Crippen molar-refractivity contribution in [2.75, 3.05) is 18.4 Å². The fourth-order valence-electron chi connectivity index (χ4n) is 2.11. The van der Waals surface area contributed by atoms with Gasteiger partial charge in [0.15, 0.2) is 0 Å². The van der Waals surface area contributed by atoms with Crippen LogP contribution >= 0.6 is 0 Å². The van der Waals surface area contributed by atoms with E-state index in [2.05, 4.69) is 16.0 Å². The highest BCUT2D eigenvalue weighted by atomic mass is 19.1. The molecule has 0 saturated carbocycles. The van der Waals surface area contributed by atoms with Crippen LogP contribution in [-0.2, 0) is 0 Å². The maximum absolute atomic E-state index is 13.0. The molecule has 0 bridgehead atoms. The molecule has 1 aliphatic rings. The van der Waals surface area contributed by atoms with Gasteiger partial charge in [0.2, 0.25) is 0 Å². The van der Waals surface area contributed by atoms with Gasteiger partial charge in [-0.2, -0.15) is 0 Å². The number of carboxylic acid groups (broad SMARTS) is 1. The number of piperidine rings is 1. The molecule has 6 nitrogen and oxygen atoms in total. The van der Waals surface area contributed by atoms with Crippen molar-refractivity contribution in [2.24, 2.45) is 0 Å². The first-order chi connectivity index (χ1) is 9.56. The second kappa shape index (κ2) is 6.33. The number of rotatable bonds is 3. The van der Waals surface area contributed by atoms with Crippen molar-refractivity contribution < 1.29 is 19.1 Å². The van der Waals surface area contributed by atoms with Gasteiger partial charge in [0, 0.05) is 6.04 Å². The van der Waals surface area contributed by atoms with Gasteiger partial charge in [0.25, 0.3) is 0 Å². The number of amides is 2. The molecule has 1 fully saturated rings. The minimum absolute atomic E-state index is 0.0602. The summed E-state index contributed by atoms with van der Waals surface area (Å²) in [6, 6.07) is 2.80. The van der Waals surface area contributed by atoms with Crippen LogP contribution in [0.5, 0.6) is 0 Å². The molecule has 0 aliphatic carbocycles. The molecule has 1 aromatic carbocycles. The van der Waals surface area contributed by atoms with E-state index in [-0.39, 0.29) is 17.3 Å². The van der Waals surface area contributed by atoms with Crippen LogP contribution in [0, 0.1) is 5.82 Å². The smallest absolute Gasteiger partial charge is 0.337 e. The summed E-state index contributed by atoms with van der Waals surface area (Å²) in [5, 5.41) is 17.4. The molecule has 0 radical (unpaired) electrons. The minimum Gasteiger partial charge on any atom is -0.478 e. The molecule has 1 aliphatic heterocycles. The van der Waals surface area contributed by atoms with Gasteiger partial charge in [-0.3, -0.25) is 0 Å². The minimum atomic E-state index is -1.29. The summed E-state index contributed by atoms with van der Waals surface area (Å²) in [4.78, 5) is 22.8. The predicted octanol–water partition coefficient (Wildman–Crippen LogP) is 1.40. The summed E-state index contributed by atoms with van der Waals surface area (Å²) < 4.78 is 13.0. The Morgan fingerprint density at radius 2 is 2.00 bits per heavy atom. The van der Waals surface area contributed by atoms with Gasteiger partial charge in [-0.15, -0.1) is 0 Å². The summed E-state index contributed by atoms with van der Waals surface area (Å²) in [6.07, 6.45) is 1.64. The molecule has 0 spiro atoms. The van der Waals surface area contributed by atoms with Crippen LogP contribution in [0.1, 0.15) is 23.2 Å². The van der Waals surface area contributed by atoms with Gasteiger partial charge < -0.3 is 21.1 Å². The van der Waals surface area contributed by atoms with E-state index in [0.717, 1.165) is 38.1 Å². The Bertz CT molecular complexity index is 516. The van der Waals surface area contributed by atoms with Crippen molar-refractivity contribution in [2.45, 2.75) is 18.9 Å². The Morgan fingerprint density at radius 3 is 2.65 bits per heavy atom. The molecule has 2 amide bonds. The molecule has 0 atom stereocenters. The lowest BCUT2D eigenvalue weighted by Crippen LogP contribution is -2.44. The number of carbonyl (C=O) groups excluding carboxylic acids is 1. The maximum Gasteiger partial charge on any atom is 0.337 e. The fourth-order valence-corrected chi connectivity index (χ4v) is 2.11. The number of halogens is 1. The normalized spacial score (nSPS) is 15.7. The zero-order valence-corrected chi connectivity index (χ0v) is 10.8. The van der Waals surface area contributed by atoms with Crippen molar-refractivity contribution in [1.82, 2.24) is 10.6 Å². The summed E-state index contributed by atoms with van der Waals surface area (Å²) in [6.45, 7) is 1.67. The van der Waals surface area contributed by atoms with Crippen molar-refractivity contribution in [3.63, 3.8) is 0 Å². The van der Waals surface area contributed by atoms with E-state index >= 15 is 0 Å². The number of carbonyl (C=O) groups is 2. The van der Waals surface area contributed by atoms with Crippen LogP contribution in [0.15, 0.2) is 18.2 Å². The van der Waals surface area contributed by atoms with Crippen molar-refractivity contribution in [3.05, 3.63) is 29.6 Å². The average Bonchev–Trinajstić information content (AvgIpc) is 2.41. The summed E-state index contributed by atoms with van der Waals surface area (Å²) in [7, 11) is 0. The highest BCUT2D eigenvalue weighted by molar-refractivity contribution is 6.00. The largest absolute Gasteiger partial charge is 0.478 e. The Balaban J connectivity index is 2.01. The molecular formula is C13H16FN3O3. The highest BCUT2D eigenvalue weighted by Gasteiger charge is 2.17. The van der Waals surface area contributed by atoms with E-state index in [9.17, 15) is 14.0 Å². The summed E-state index contributed by atoms with van der Waals surface area (Å²) >= 11 is 0. The van der Waals surface area contributed by atoms with Gasteiger partial charge in [-0.1, -0.05) is 0 Å². The van der Waals surface area contributed by atoms with Gasteiger partial charge >= 0.3 is 12.0 Å². The standard InChI is InChI=1S/C13H16FN3O3/c14-8-1-2-11(10(7-8)12(18)19)17-13(20)16-9-3-5-15-6-4-9/h1-2,7,9,15H,3-6H2,(H,18,19)(H2,16,17,20). The lowest BCUT2D eigenvalue weighted by molar-refractivity contribution is 0.0697. The molecule has 108 valence electrons.